The molecular weight excluding hydrogens is 304 g/mol. The standard InChI is InChI=1S/C16H22O5S/c1-11-4-6-14(7-5-11)22(19)10-13-8-12(9-15(17)18)20-16(2,3)21-13/h4-7,12-13H,8-10H2,1-3H3,(H,17,18)/t12-,13-,22?/m0/s1. The molecule has 1 aliphatic rings. The van der Waals surface area contributed by atoms with E-state index in [1.165, 1.54) is 0 Å². The van der Waals surface area contributed by atoms with Crippen molar-refractivity contribution in [2.45, 2.75) is 56.5 Å². The van der Waals surface area contributed by atoms with Crippen molar-refractivity contribution in [3.63, 3.8) is 0 Å². The first-order valence-electron chi connectivity index (χ1n) is 7.27. The van der Waals surface area contributed by atoms with Crippen LogP contribution in [0.2, 0.25) is 0 Å². The maximum absolute atomic E-state index is 12.4. The molecule has 0 radical (unpaired) electrons. The van der Waals surface area contributed by atoms with Crippen LogP contribution in [0, 0.1) is 6.92 Å². The van der Waals surface area contributed by atoms with E-state index < -0.39 is 28.7 Å². The van der Waals surface area contributed by atoms with Gasteiger partial charge in [-0.25, -0.2) is 0 Å². The lowest BCUT2D eigenvalue weighted by Gasteiger charge is -2.40. The molecule has 1 unspecified atom stereocenters. The monoisotopic (exact) mass is 326 g/mol. The van der Waals surface area contributed by atoms with Gasteiger partial charge in [0.25, 0.3) is 0 Å². The number of rotatable bonds is 5. The SMILES string of the molecule is Cc1ccc(S(=O)C[C@@H]2C[C@@H](CC(=O)O)OC(C)(C)O2)cc1. The number of hydrogen-bond acceptors (Lipinski definition) is 4. The number of hydrogen-bond donors (Lipinski definition) is 1. The van der Waals surface area contributed by atoms with Crippen LogP contribution < -0.4 is 0 Å². The number of benzene rings is 1. The van der Waals surface area contributed by atoms with Gasteiger partial charge in [-0.05, 0) is 32.9 Å². The van der Waals surface area contributed by atoms with Gasteiger partial charge < -0.3 is 14.6 Å². The Labute approximate surface area is 133 Å². The average molecular weight is 326 g/mol. The molecule has 0 spiro atoms. The molecule has 2 rings (SSSR count). The lowest BCUT2D eigenvalue weighted by molar-refractivity contribution is -0.295. The third-order valence-electron chi connectivity index (χ3n) is 3.45. The van der Waals surface area contributed by atoms with Gasteiger partial charge in [0, 0.05) is 11.3 Å². The van der Waals surface area contributed by atoms with Crippen LogP contribution in [0.5, 0.6) is 0 Å². The van der Waals surface area contributed by atoms with Crippen molar-refractivity contribution in [3.8, 4) is 0 Å². The summed E-state index contributed by atoms with van der Waals surface area (Å²) in [6, 6.07) is 7.56. The maximum atomic E-state index is 12.4. The fraction of sp³-hybridized carbons (Fsp3) is 0.562. The number of aryl methyl sites for hydroxylation is 1. The highest BCUT2D eigenvalue weighted by atomic mass is 32.2. The molecule has 22 heavy (non-hydrogen) atoms. The number of aliphatic carboxylic acids is 1. The summed E-state index contributed by atoms with van der Waals surface area (Å²) in [5.41, 5.74) is 1.12. The van der Waals surface area contributed by atoms with Crippen molar-refractivity contribution < 1.29 is 23.6 Å². The highest BCUT2D eigenvalue weighted by Gasteiger charge is 2.37. The second-order valence-electron chi connectivity index (χ2n) is 6.04. The van der Waals surface area contributed by atoms with Gasteiger partial charge in [0.15, 0.2) is 5.79 Å². The fourth-order valence-electron chi connectivity index (χ4n) is 2.60. The summed E-state index contributed by atoms with van der Waals surface area (Å²) in [5.74, 6) is -1.42. The second kappa shape index (κ2) is 6.89. The molecule has 0 saturated carbocycles. The van der Waals surface area contributed by atoms with Crippen LogP contribution in [0.15, 0.2) is 29.2 Å². The molecule has 0 bridgehead atoms. The first-order valence-corrected chi connectivity index (χ1v) is 8.59. The van der Waals surface area contributed by atoms with Crippen LogP contribution in [0.4, 0.5) is 0 Å². The fourth-order valence-corrected chi connectivity index (χ4v) is 3.77. The van der Waals surface area contributed by atoms with Crippen LogP contribution in [0.3, 0.4) is 0 Å². The second-order valence-corrected chi connectivity index (χ2v) is 7.53. The Morgan fingerprint density at radius 3 is 2.45 bits per heavy atom. The predicted molar refractivity (Wildman–Crippen MR) is 83.1 cm³/mol. The number of carbonyl (C=O) groups is 1. The van der Waals surface area contributed by atoms with Crippen molar-refractivity contribution in [3.05, 3.63) is 29.8 Å². The Hall–Kier alpha value is -1.24. The van der Waals surface area contributed by atoms with Crippen LogP contribution in [0.25, 0.3) is 0 Å². The molecule has 3 atom stereocenters. The molecule has 1 aromatic rings. The third-order valence-corrected chi connectivity index (χ3v) is 4.92. The van der Waals surface area contributed by atoms with Crippen LogP contribution >= 0.6 is 0 Å². The van der Waals surface area contributed by atoms with Gasteiger partial charge in [0.2, 0.25) is 0 Å². The topological polar surface area (TPSA) is 72.8 Å². The van der Waals surface area contributed by atoms with Crippen LogP contribution in [0.1, 0.15) is 32.3 Å². The van der Waals surface area contributed by atoms with E-state index in [1.54, 1.807) is 13.8 Å². The molecule has 1 fully saturated rings. The molecule has 122 valence electrons. The third kappa shape index (κ3) is 4.90. The van der Waals surface area contributed by atoms with Gasteiger partial charge in [0.05, 0.1) is 35.2 Å². The normalized spacial score (nSPS) is 25.6. The number of carboxylic acid groups (broad SMARTS) is 1. The molecule has 0 amide bonds. The lowest BCUT2D eigenvalue weighted by atomic mass is 10.1. The summed E-state index contributed by atoms with van der Waals surface area (Å²) in [7, 11) is -1.18. The Bertz CT molecular complexity index is 552. The van der Waals surface area contributed by atoms with Crippen molar-refractivity contribution >= 4 is 16.8 Å². The van der Waals surface area contributed by atoms with Gasteiger partial charge in [0.1, 0.15) is 0 Å². The predicted octanol–water partition coefficient (Wildman–Crippen LogP) is 2.49. The number of ether oxygens (including phenoxy) is 2. The van der Waals surface area contributed by atoms with E-state index in [9.17, 15) is 9.00 Å². The Morgan fingerprint density at radius 1 is 1.27 bits per heavy atom. The van der Waals surface area contributed by atoms with Crippen molar-refractivity contribution in [1.82, 2.24) is 0 Å². The lowest BCUT2D eigenvalue weighted by Crippen LogP contribution is -2.47. The van der Waals surface area contributed by atoms with E-state index >= 15 is 0 Å². The Balaban J connectivity index is 2.02. The first kappa shape index (κ1) is 17.1. The van der Waals surface area contributed by atoms with Crippen molar-refractivity contribution in [2.24, 2.45) is 0 Å². The summed E-state index contributed by atoms with van der Waals surface area (Å²) >= 11 is 0. The highest BCUT2D eigenvalue weighted by Crippen LogP contribution is 2.29. The summed E-state index contributed by atoms with van der Waals surface area (Å²) < 4.78 is 23.8. The molecule has 5 nitrogen and oxygen atoms in total. The van der Waals surface area contributed by atoms with E-state index in [0.29, 0.717) is 12.2 Å². The molecule has 0 aliphatic carbocycles. The van der Waals surface area contributed by atoms with Gasteiger partial charge in [-0.1, -0.05) is 17.7 Å². The quantitative estimate of drug-likeness (QED) is 0.900. The van der Waals surface area contributed by atoms with E-state index in [0.717, 1.165) is 10.5 Å². The number of carboxylic acids is 1. The van der Waals surface area contributed by atoms with Crippen molar-refractivity contribution in [2.75, 3.05) is 5.75 Å². The molecule has 1 N–H and O–H groups in total. The van der Waals surface area contributed by atoms with Gasteiger partial charge in [-0.3, -0.25) is 9.00 Å². The minimum atomic E-state index is -1.18. The highest BCUT2D eigenvalue weighted by molar-refractivity contribution is 7.85. The van der Waals surface area contributed by atoms with E-state index in [2.05, 4.69) is 0 Å². The summed E-state index contributed by atoms with van der Waals surface area (Å²) in [4.78, 5) is 11.6. The summed E-state index contributed by atoms with van der Waals surface area (Å²) in [6.07, 6.45) is -0.329. The molecule has 1 aliphatic heterocycles. The molecule has 0 aromatic heterocycles. The zero-order valence-corrected chi connectivity index (χ0v) is 13.9. The molecule has 1 saturated heterocycles. The zero-order chi connectivity index (χ0) is 16.3. The molecule has 1 aromatic carbocycles. The van der Waals surface area contributed by atoms with Crippen LogP contribution in [-0.2, 0) is 25.1 Å². The van der Waals surface area contributed by atoms with E-state index in [4.69, 9.17) is 14.6 Å². The molecule has 6 heteroatoms. The maximum Gasteiger partial charge on any atom is 0.305 e. The van der Waals surface area contributed by atoms with Gasteiger partial charge in [-0.15, -0.1) is 0 Å². The van der Waals surface area contributed by atoms with E-state index in [1.807, 2.05) is 31.2 Å². The minimum absolute atomic E-state index is 0.0690. The summed E-state index contributed by atoms with van der Waals surface area (Å²) in [5, 5.41) is 8.93. The Morgan fingerprint density at radius 2 is 1.86 bits per heavy atom. The zero-order valence-electron chi connectivity index (χ0n) is 13.1. The van der Waals surface area contributed by atoms with Crippen molar-refractivity contribution in [1.29, 1.82) is 0 Å². The molecule has 1 heterocycles. The first-order chi connectivity index (χ1) is 10.2. The van der Waals surface area contributed by atoms with E-state index in [-0.39, 0.29) is 12.5 Å². The average Bonchev–Trinajstić information content (AvgIpc) is 2.36. The van der Waals surface area contributed by atoms with Gasteiger partial charge >= 0.3 is 5.97 Å². The minimum Gasteiger partial charge on any atom is -0.481 e. The molecular formula is C16H22O5S. The smallest absolute Gasteiger partial charge is 0.305 e. The largest absolute Gasteiger partial charge is 0.481 e. The van der Waals surface area contributed by atoms with Crippen LogP contribution in [-0.4, -0.2) is 39.0 Å². The summed E-state index contributed by atoms with van der Waals surface area (Å²) in [6.45, 7) is 5.49. The Kier molecular flexibility index (Phi) is 5.36. The van der Waals surface area contributed by atoms with Gasteiger partial charge in [-0.2, -0.15) is 0 Å².